The molecule has 0 unspecified atom stereocenters. The smallest absolute Gasteiger partial charge is 0.165 e. The standard InChI is InChI=1S/C19H17N5O/c25-13-14-3-1-5-16(9-14)17-12-22-24-8-6-18(23-19(17)24)21-11-15-4-2-7-20-10-15/h1-10,12,25H,11,13H2,(H,21,23). The first-order valence-corrected chi connectivity index (χ1v) is 8.01. The second kappa shape index (κ2) is 6.70. The van der Waals surface area contributed by atoms with Crippen LogP contribution >= 0.6 is 0 Å². The molecule has 0 radical (unpaired) electrons. The third kappa shape index (κ3) is 3.20. The number of anilines is 1. The van der Waals surface area contributed by atoms with Crippen molar-refractivity contribution in [2.75, 3.05) is 5.32 Å². The number of aliphatic hydroxyl groups excluding tert-OH is 1. The summed E-state index contributed by atoms with van der Waals surface area (Å²) >= 11 is 0. The van der Waals surface area contributed by atoms with Crippen molar-refractivity contribution in [3.8, 4) is 11.1 Å². The second-order valence-corrected chi connectivity index (χ2v) is 5.71. The van der Waals surface area contributed by atoms with Crippen molar-refractivity contribution in [3.63, 3.8) is 0 Å². The molecule has 6 nitrogen and oxygen atoms in total. The summed E-state index contributed by atoms with van der Waals surface area (Å²) in [5.41, 5.74) is 4.64. The number of nitrogens with one attached hydrogen (secondary N) is 1. The van der Waals surface area contributed by atoms with E-state index in [4.69, 9.17) is 0 Å². The zero-order chi connectivity index (χ0) is 17.1. The molecule has 0 bridgehead atoms. The minimum absolute atomic E-state index is 0.0123. The zero-order valence-electron chi connectivity index (χ0n) is 13.5. The number of fused-ring (bicyclic) bond motifs is 1. The van der Waals surface area contributed by atoms with Crippen LogP contribution in [0.15, 0.2) is 67.3 Å². The number of hydrogen-bond donors (Lipinski definition) is 2. The number of nitrogens with zero attached hydrogens (tertiary/aromatic N) is 4. The van der Waals surface area contributed by atoms with Gasteiger partial charge in [0.1, 0.15) is 5.82 Å². The van der Waals surface area contributed by atoms with Gasteiger partial charge in [-0.05, 0) is 34.9 Å². The molecule has 124 valence electrons. The fourth-order valence-electron chi connectivity index (χ4n) is 2.70. The predicted molar refractivity (Wildman–Crippen MR) is 95.9 cm³/mol. The maximum absolute atomic E-state index is 9.34. The van der Waals surface area contributed by atoms with Gasteiger partial charge >= 0.3 is 0 Å². The molecule has 3 heterocycles. The van der Waals surface area contributed by atoms with E-state index < -0.39 is 0 Å². The molecule has 0 fully saturated rings. The van der Waals surface area contributed by atoms with Crippen molar-refractivity contribution in [2.24, 2.45) is 0 Å². The van der Waals surface area contributed by atoms with Crippen LogP contribution in [-0.4, -0.2) is 24.7 Å². The molecule has 0 atom stereocenters. The highest BCUT2D eigenvalue weighted by Gasteiger charge is 2.09. The Bertz CT molecular complexity index is 997. The molecule has 0 saturated heterocycles. The molecule has 3 aromatic heterocycles. The van der Waals surface area contributed by atoms with Gasteiger partial charge < -0.3 is 10.4 Å². The molecule has 0 aliphatic heterocycles. The summed E-state index contributed by atoms with van der Waals surface area (Å²) in [6.07, 6.45) is 7.26. The van der Waals surface area contributed by atoms with E-state index in [1.807, 2.05) is 54.9 Å². The van der Waals surface area contributed by atoms with E-state index in [9.17, 15) is 5.11 Å². The Morgan fingerprint density at radius 1 is 1.04 bits per heavy atom. The largest absolute Gasteiger partial charge is 0.392 e. The lowest BCUT2D eigenvalue weighted by molar-refractivity contribution is 0.282. The van der Waals surface area contributed by atoms with Crippen LogP contribution in [0.4, 0.5) is 5.82 Å². The fraction of sp³-hybridized carbons (Fsp3) is 0.105. The van der Waals surface area contributed by atoms with Crippen LogP contribution in [0.25, 0.3) is 16.8 Å². The minimum atomic E-state index is 0.0123. The Morgan fingerprint density at radius 3 is 2.80 bits per heavy atom. The monoisotopic (exact) mass is 331 g/mol. The van der Waals surface area contributed by atoms with E-state index in [0.29, 0.717) is 6.54 Å². The van der Waals surface area contributed by atoms with Crippen molar-refractivity contribution in [2.45, 2.75) is 13.2 Å². The van der Waals surface area contributed by atoms with E-state index >= 15 is 0 Å². The Labute approximate surface area is 144 Å². The van der Waals surface area contributed by atoms with Crippen LogP contribution in [0.5, 0.6) is 0 Å². The van der Waals surface area contributed by atoms with Gasteiger partial charge in [-0.1, -0.05) is 24.3 Å². The topological polar surface area (TPSA) is 75.3 Å². The molecule has 0 amide bonds. The number of benzene rings is 1. The van der Waals surface area contributed by atoms with Crippen molar-refractivity contribution < 1.29 is 5.11 Å². The maximum atomic E-state index is 9.34. The number of aromatic nitrogens is 4. The van der Waals surface area contributed by atoms with Crippen LogP contribution in [0.3, 0.4) is 0 Å². The summed E-state index contributed by atoms with van der Waals surface area (Å²) in [6.45, 7) is 0.666. The molecule has 2 N–H and O–H groups in total. The molecule has 4 aromatic rings. The first-order valence-electron chi connectivity index (χ1n) is 8.01. The molecule has 6 heteroatoms. The Hall–Kier alpha value is -3.25. The average molecular weight is 331 g/mol. The van der Waals surface area contributed by atoms with Crippen molar-refractivity contribution >= 4 is 11.5 Å². The summed E-state index contributed by atoms with van der Waals surface area (Å²) in [5.74, 6) is 0.774. The summed E-state index contributed by atoms with van der Waals surface area (Å²) in [5, 5.41) is 17.0. The summed E-state index contributed by atoms with van der Waals surface area (Å²) in [6, 6.07) is 13.6. The Balaban J connectivity index is 1.65. The first-order chi connectivity index (χ1) is 12.3. The Kier molecular flexibility index (Phi) is 4.10. The molecule has 0 aliphatic rings. The lowest BCUT2D eigenvalue weighted by atomic mass is 10.1. The average Bonchev–Trinajstić information content (AvgIpc) is 3.10. The molecule has 4 rings (SSSR count). The highest BCUT2D eigenvalue weighted by molar-refractivity contribution is 5.78. The zero-order valence-corrected chi connectivity index (χ0v) is 13.5. The molecule has 1 aromatic carbocycles. The summed E-state index contributed by atoms with van der Waals surface area (Å²) < 4.78 is 1.75. The first kappa shape index (κ1) is 15.3. The van der Waals surface area contributed by atoms with E-state index in [1.54, 1.807) is 16.9 Å². The predicted octanol–water partition coefficient (Wildman–Crippen LogP) is 2.90. The van der Waals surface area contributed by atoms with Crippen LogP contribution in [0, 0.1) is 0 Å². The lowest BCUT2D eigenvalue weighted by Crippen LogP contribution is -2.03. The number of pyridine rings is 1. The van der Waals surface area contributed by atoms with E-state index in [1.165, 1.54) is 0 Å². The van der Waals surface area contributed by atoms with Gasteiger partial charge in [0.2, 0.25) is 0 Å². The van der Waals surface area contributed by atoms with Crippen molar-refractivity contribution in [3.05, 3.63) is 78.4 Å². The van der Waals surface area contributed by atoms with Crippen molar-refractivity contribution in [1.82, 2.24) is 19.6 Å². The quantitative estimate of drug-likeness (QED) is 0.588. The van der Waals surface area contributed by atoms with Gasteiger partial charge in [0.15, 0.2) is 5.65 Å². The lowest BCUT2D eigenvalue weighted by Gasteiger charge is -2.07. The van der Waals surface area contributed by atoms with Gasteiger partial charge in [-0.15, -0.1) is 0 Å². The third-order valence-corrected chi connectivity index (χ3v) is 3.99. The Morgan fingerprint density at radius 2 is 1.96 bits per heavy atom. The van der Waals surface area contributed by atoms with Gasteiger partial charge in [-0.3, -0.25) is 4.98 Å². The van der Waals surface area contributed by atoms with E-state index in [2.05, 4.69) is 20.4 Å². The second-order valence-electron chi connectivity index (χ2n) is 5.71. The van der Waals surface area contributed by atoms with Gasteiger partial charge in [-0.25, -0.2) is 9.50 Å². The minimum Gasteiger partial charge on any atom is -0.392 e. The van der Waals surface area contributed by atoms with Crippen LogP contribution < -0.4 is 5.32 Å². The molecule has 0 saturated carbocycles. The van der Waals surface area contributed by atoms with Gasteiger partial charge in [0.05, 0.1) is 12.8 Å². The number of hydrogen-bond acceptors (Lipinski definition) is 5. The fourth-order valence-corrected chi connectivity index (χ4v) is 2.70. The molecular weight excluding hydrogens is 314 g/mol. The number of rotatable bonds is 5. The highest BCUT2D eigenvalue weighted by Crippen LogP contribution is 2.25. The molecule has 25 heavy (non-hydrogen) atoms. The van der Waals surface area contributed by atoms with E-state index in [0.717, 1.165) is 33.7 Å². The maximum Gasteiger partial charge on any atom is 0.165 e. The number of aliphatic hydroxyl groups is 1. The molecule has 0 spiro atoms. The highest BCUT2D eigenvalue weighted by atomic mass is 16.3. The summed E-state index contributed by atoms with van der Waals surface area (Å²) in [4.78, 5) is 8.80. The van der Waals surface area contributed by atoms with Crippen molar-refractivity contribution in [1.29, 1.82) is 0 Å². The third-order valence-electron chi connectivity index (χ3n) is 3.99. The SMILES string of the molecule is OCc1cccc(-c2cnn3ccc(NCc4cccnc4)nc23)c1. The summed E-state index contributed by atoms with van der Waals surface area (Å²) in [7, 11) is 0. The van der Waals surface area contributed by atoms with Crippen LogP contribution in [0.1, 0.15) is 11.1 Å². The molecular formula is C19H17N5O. The van der Waals surface area contributed by atoms with Gasteiger partial charge in [0.25, 0.3) is 0 Å². The molecule has 0 aliphatic carbocycles. The van der Waals surface area contributed by atoms with Gasteiger partial charge in [0, 0.05) is 30.7 Å². The van der Waals surface area contributed by atoms with Gasteiger partial charge in [-0.2, -0.15) is 5.10 Å². The van der Waals surface area contributed by atoms with Crippen LogP contribution in [-0.2, 0) is 13.2 Å². The normalized spacial score (nSPS) is 10.9. The van der Waals surface area contributed by atoms with E-state index in [-0.39, 0.29) is 6.61 Å². The van der Waals surface area contributed by atoms with Crippen LogP contribution in [0.2, 0.25) is 0 Å².